The Labute approximate surface area is 128 Å². The van der Waals surface area contributed by atoms with Crippen LogP contribution in [-0.2, 0) is 10.2 Å². The third-order valence-electron chi connectivity index (χ3n) is 3.75. The third-order valence-corrected chi connectivity index (χ3v) is 3.75. The zero-order valence-corrected chi connectivity index (χ0v) is 14.3. The lowest BCUT2D eigenvalue weighted by atomic mass is 9.95. The van der Waals surface area contributed by atoms with Gasteiger partial charge in [-0.2, -0.15) is 0 Å². The first-order valence-electron chi connectivity index (χ1n) is 7.69. The molecule has 2 heterocycles. The van der Waals surface area contributed by atoms with Crippen molar-refractivity contribution < 1.29 is 4.74 Å². The van der Waals surface area contributed by atoms with E-state index in [-0.39, 0.29) is 17.6 Å². The molecule has 1 N–H and O–H groups in total. The smallest absolute Gasteiger partial charge is 0.138 e. The molecule has 1 fully saturated rings. The number of nitrogens with one attached hydrogen (secondary N) is 1. The van der Waals surface area contributed by atoms with Crippen LogP contribution < -0.4 is 10.2 Å². The summed E-state index contributed by atoms with van der Waals surface area (Å²) in [5, 5.41) is 3.20. The van der Waals surface area contributed by atoms with E-state index in [4.69, 9.17) is 9.72 Å². The Morgan fingerprint density at radius 1 is 1.14 bits per heavy atom. The molecule has 0 aromatic carbocycles. The van der Waals surface area contributed by atoms with Gasteiger partial charge in [-0.3, -0.25) is 0 Å². The molecule has 0 aliphatic carbocycles. The van der Waals surface area contributed by atoms with Crippen molar-refractivity contribution in [2.75, 3.05) is 30.4 Å². The zero-order valence-electron chi connectivity index (χ0n) is 14.3. The molecule has 0 spiro atoms. The fourth-order valence-electron chi connectivity index (χ4n) is 2.74. The minimum absolute atomic E-state index is 0.0719. The molecule has 1 aliphatic rings. The first kappa shape index (κ1) is 16.0. The summed E-state index contributed by atoms with van der Waals surface area (Å²) in [6.45, 7) is 14.5. The molecule has 0 saturated carbocycles. The van der Waals surface area contributed by atoms with Crippen LogP contribution >= 0.6 is 0 Å². The second-order valence-electron chi connectivity index (χ2n) is 7.01. The lowest BCUT2D eigenvalue weighted by molar-refractivity contribution is -0.00551. The minimum Gasteiger partial charge on any atom is -0.373 e. The maximum Gasteiger partial charge on any atom is 0.138 e. The Hall–Kier alpha value is -1.36. The Morgan fingerprint density at radius 3 is 2.19 bits per heavy atom. The first-order valence-corrected chi connectivity index (χ1v) is 7.69. The predicted molar refractivity (Wildman–Crippen MR) is 87.2 cm³/mol. The highest BCUT2D eigenvalue weighted by Crippen LogP contribution is 2.29. The molecule has 21 heavy (non-hydrogen) atoms. The van der Waals surface area contributed by atoms with E-state index in [2.05, 4.69) is 56.7 Å². The summed E-state index contributed by atoms with van der Waals surface area (Å²) < 4.78 is 5.83. The Morgan fingerprint density at radius 2 is 1.71 bits per heavy atom. The molecule has 0 bridgehead atoms. The van der Waals surface area contributed by atoms with Crippen molar-refractivity contribution in [3.63, 3.8) is 0 Å². The molecule has 1 aromatic rings. The molecule has 2 atom stereocenters. The van der Waals surface area contributed by atoms with Crippen molar-refractivity contribution in [2.45, 2.75) is 59.2 Å². The van der Waals surface area contributed by atoms with Crippen LogP contribution in [-0.4, -0.2) is 42.3 Å². The van der Waals surface area contributed by atoms with Crippen LogP contribution in [0, 0.1) is 6.92 Å². The molecule has 5 heteroatoms. The number of rotatable bonds is 2. The van der Waals surface area contributed by atoms with Gasteiger partial charge in [-0.25, -0.2) is 9.97 Å². The largest absolute Gasteiger partial charge is 0.373 e. The van der Waals surface area contributed by atoms with Crippen LogP contribution in [0.3, 0.4) is 0 Å². The van der Waals surface area contributed by atoms with Gasteiger partial charge in [0.25, 0.3) is 0 Å². The van der Waals surface area contributed by atoms with Crippen molar-refractivity contribution in [3.8, 4) is 0 Å². The van der Waals surface area contributed by atoms with Gasteiger partial charge in [-0.05, 0) is 20.8 Å². The summed E-state index contributed by atoms with van der Waals surface area (Å²) in [7, 11) is 1.91. The standard InChI is InChI=1S/C16H28N4O/c1-10-8-20(9-11(2)21-10)14-12(3)13(17-7)18-15(19-14)16(4,5)6/h10-11H,8-9H2,1-7H3,(H,17,18,19)/t10-,11+. The molecule has 1 aliphatic heterocycles. The van der Waals surface area contributed by atoms with Crippen molar-refractivity contribution in [3.05, 3.63) is 11.4 Å². The van der Waals surface area contributed by atoms with Crippen molar-refractivity contribution in [1.82, 2.24) is 9.97 Å². The van der Waals surface area contributed by atoms with Crippen LogP contribution in [0.15, 0.2) is 0 Å². The molecule has 0 amide bonds. The number of hydrogen-bond acceptors (Lipinski definition) is 5. The fourth-order valence-corrected chi connectivity index (χ4v) is 2.74. The van der Waals surface area contributed by atoms with Gasteiger partial charge in [0.1, 0.15) is 17.5 Å². The topological polar surface area (TPSA) is 50.3 Å². The number of ether oxygens (including phenoxy) is 1. The Balaban J connectivity index is 2.46. The highest BCUT2D eigenvalue weighted by atomic mass is 16.5. The second-order valence-corrected chi connectivity index (χ2v) is 7.01. The molecule has 2 rings (SSSR count). The van der Waals surface area contributed by atoms with E-state index in [9.17, 15) is 0 Å². The summed E-state index contributed by atoms with van der Waals surface area (Å²) in [6.07, 6.45) is 0.443. The molecule has 0 unspecified atom stereocenters. The summed E-state index contributed by atoms with van der Waals surface area (Å²) in [5.74, 6) is 2.82. The lowest BCUT2D eigenvalue weighted by Gasteiger charge is -2.37. The zero-order chi connectivity index (χ0) is 15.8. The average molecular weight is 292 g/mol. The number of morpholine rings is 1. The van der Waals surface area contributed by atoms with Crippen LogP contribution in [0.1, 0.15) is 46.0 Å². The molecular formula is C16H28N4O. The fraction of sp³-hybridized carbons (Fsp3) is 0.750. The van der Waals surface area contributed by atoms with Gasteiger partial charge in [0.2, 0.25) is 0 Å². The highest BCUT2D eigenvalue weighted by Gasteiger charge is 2.27. The SMILES string of the molecule is CNc1nc(C(C)(C)C)nc(N2C[C@@H](C)O[C@@H](C)C2)c1C. The quantitative estimate of drug-likeness (QED) is 0.908. The number of anilines is 2. The number of aromatic nitrogens is 2. The van der Waals surface area contributed by atoms with Crippen LogP contribution in [0.2, 0.25) is 0 Å². The maximum absolute atomic E-state index is 5.83. The summed E-state index contributed by atoms with van der Waals surface area (Å²) >= 11 is 0. The van der Waals surface area contributed by atoms with Gasteiger partial charge in [0, 0.05) is 31.1 Å². The van der Waals surface area contributed by atoms with Gasteiger partial charge >= 0.3 is 0 Å². The highest BCUT2D eigenvalue weighted by molar-refractivity contribution is 5.59. The summed E-state index contributed by atoms with van der Waals surface area (Å²) in [5.41, 5.74) is 1.03. The predicted octanol–water partition coefficient (Wildman–Crippen LogP) is 2.74. The molecule has 118 valence electrons. The summed E-state index contributed by atoms with van der Waals surface area (Å²) in [6, 6.07) is 0. The van der Waals surface area contributed by atoms with E-state index in [1.165, 1.54) is 0 Å². The average Bonchev–Trinajstić information content (AvgIpc) is 2.36. The van der Waals surface area contributed by atoms with Gasteiger partial charge in [-0.1, -0.05) is 20.8 Å². The molecule has 0 radical (unpaired) electrons. The van der Waals surface area contributed by atoms with Gasteiger partial charge in [0.15, 0.2) is 0 Å². The van der Waals surface area contributed by atoms with E-state index >= 15 is 0 Å². The lowest BCUT2D eigenvalue weighted by Crippen LogP contribution is -2.46. The monoisotopic (exact) mass is 292 g/mol. The molecule has 1 aromatic heterocycles. The van der Waals surface area contributed by atoms with E-state index in [1.807, 2.05) is 7.05 Å². The minimum atomic E-state index is -0.0719. The van der Waals surface area contributed by atoms with Gasteiger partial charge < -0.3 is 15.0 Å². The first-order chi connectivity index (χ1) is 9.72. The van der Waals surface area contributed by atoms with E-state index < -0.39 is 0 Å². The number of nitrogens with zero attached hydrogens (tertiary/aromatic N) is 3. The van der Waals surface area contributed by atoms with E-state index in [0.29, 0.717) is 0 Å². The van der Waals surface area contributed by atoms with Crippen LogP contribution in [0.25, 0.3) is 0 Å². The summed E-state index contributed by atoms with van der Waals surface area (Å²) in [4.78, 5) is 11.9. The van der Waals surface area contributed by atoms with Crippen molar-refractivity contribution in [1.29, 1.82) is 0 Å². The molecule has 5 nitrogen and oxygen atoms in total. The van der Waals surface area contributed by atoms with Crippen LogP contribution in [0.4, 0.5) is 11.6 Å². The molecular weight excluding hydrogens is 264 g/mol. The van der Waals surface area contributed by atoms with Gasteiger partial charge in [-0.15, -0.1) is 0 Å². The maximum atomic E-state index is 5.83. The third kappa shape index (κ3) is 3.46. The molecule has 1 saturated heterocycles. The van der Waals surface area contributed by atoms with Crippen molar-refractivity contribution in [2.24, 2.45) is 0 Å². The normalized spacial score (nSPS) is 23.3. The van der Waals surface area contributed by atoms with Crippen LogP contribution in [0.5, 0.6) is 0 Å². The van der Waals surface area contributed by atoms with Crippen molar-refractivity contribution >= 4 is 11.6 Å². The van der Waals surface area contributed by atoms with E-state index in [0.717, 1.165) is 36.1 Å². The van der Waals surface area contributed by atoms with E-state index in [1.54, 1.807) is 0 Å². The Kier molecular flexibility index (Phi) is 4.42. The number of hydrogen-bond donors (Lipinski definition) is 1. The Bertz CT molecular complexity index is 500. The van der Waals surface area contributed by atoms with Gasteiger partial charge in [0.05, 0.1) is 12.2 Å². The second kappa shape index (κ2) is 5.79.